The van der Waals surface area contributed by atoms with E-state index in [-0.39, 0.29) is 11.8 Å². The molecule has 0 unspecified atom stereocenters. The smallest absolute Gasteiger partial charge is 0.274 e. The molecule has 1 aromatic heterocycles. The summed E-state index contributed by atoms with van der Waals surface area (Å²) in [6.45, 7) is 1.45. The molecule has 1 aliphatic carbocycles. The van der Waals surface area contributed by atoms with Crippen LogP contribution in [0.25, 0.3) is 0 Å². The second-order valence-corrected chi connectivity index (χ2v) is 6.83. The van der Waals surface area contributed by atoms with Gasteiger partial charge >= 0.3 is 0 Å². The second kappa shape index (κ2) is 9.12. The van der Waals surface area contributed by atoms with Crippen LogP contribution in [0.2, 0.25) is 0 Å². The van der Waals surface area contributed by atoms with Crippen LogP contribution in [0.3, 0.4) is 0 Å². The zero-order valence-electron chi connectivity index (χ0n) is 15.5. The molecule has 1 aromatic carbocycles. The SMILES string of the molecule is CC(=O)Nc1ccc(NC(=O)c2cc(NC3CCCCCC3)ncn2)cc1. The van der Waals surface area contributed by atoms with Gasteiger partial charge in [0.05, 0.1) is 0 Å². The highest BCUT2D eigenvalue weighted by molar-refractivity contribution is 6.03. The highest BCUT2D eigenvalue weighted by Crippen LogP contribution is 2.20. The maximum atomic E-state index is 12.5. The third-order valence-electron chi connectivity index (χ3n) is 4.57. The van der Waals surface area contributed by atoms with Gasteiger partial charge in [0.15, 0.2) is 0 Å². The third-order valence-corrected chi connectivity index (χ3v) is 4.57. The van der Waals surface area contributed by atoms with E-state index >= 15 is 0 Å². The molecule has 0 radical (unpaired) electrons. The topological polar surface area (TPSA) is 96.0 Å². The number of amides is 2. The number of hydrogen-bond donors (Lipinski definition) is 3. The average molecular weight is 367 g/mol. The van der Waals surface area contributed by atoms with Crippen molar-refractivity contribution >= 4 is 29.0 Å². The maximum absolute atomic E-state index is 12.5. The Morgan fingerprint density at radius 3 is 2.19 bits per heavy atom. The molecule has 3 rings (SSSR count). The second-order valence-electron chi connectivity index (χ2n) is 6.83. The Kier molecular flexibility index (Phi) is 6.35. The van der Waals surface area contributed by atoms with Crippen LogP contribution in [0.4, 0.5) is 17.2 Å². The lowest BCUT2D eigenvalue weighted by atomic mass is 10.1. The predicted octanol–water partition coefficient (Wildman–Crippen LogP) is 3.82. The fraction of sp³-hybridized carbons (Fsp3) is 0.400. The predicted molar refractivity (Wildman–Crippen MR) is 106 cm³/mol. The molecule has 7 nitrogen and oxygen atoms in total. The number of rotatable bonds is 5. The van der Waals surface area contributed by atoms with Crippen molar-refractivity contribution in [2.24, 2.45) is 0 Å². The molecular weight excluding hydrogens is 342 g/mol. The fourth-order valence-electron chi connectivity index (χ4n) is 3.23. The summed E-state index contributed by atoms with van der Waals surface area (Å²) in [5.41, 5.74) is 1.62. The summed E-state index contributed by atoms with van der Waals surface area (Å²) in [7, 11) is 0. The van der Waals surface area contributed by atoms with E-state index < -0.39 is 0 Å². The van der Waals surface area contributed by atoms with Gasteiger partial charge in [-0.1, -0.05) is 25.7 Å². The zero-order valence-corrected chi connectivity index (χ0v) is 15.5. The van der Waals surface area contributed by atoms with Crippen molar-refractivity contribution < 1.29 is 9.59 Å². The van der Waals surface area contributed by atoms with Crippen LogP contribution in [0.15, 0.2) is 36.7 Å². The van der Waals surface area contributed by atoms with Crippen LogP contribution < -0.4 is 16.0 Å². The van der Waals surface area contributed by atoms with Gasteiger partial charge < -0.3 is 16.0 Å². The molecule has 2 aromatic rings. The van der Waals surface area contributed by atoms with Gasteiger partial charge in [-0.25, -0.2) is 9.97 Å². The van der Waals surface area contributed by atoms with Gasteiger partial charge in [0, 0.05) is 30.4 Å². The van der Waals surface area contributed by atoms with Gasteiger partial charge in [-0.15, -0.1) is 0 Å². The fourth-order valence-corrected chi connectivity index (χ4v) is 3.23. The van der Waals surface area contributed by atoms with Crippen LogP contribution in [-0.4, -0.2) is 27.8 Å². The van der Waals surface area contributed by atoms with Crippen LogP contribution in [0, 0.1) is 0 Å². The van der Waals surface area contributed by atoms with Crippen LogP contribution in [-0.2, 0) is 4.79 Å². The Balaban J connectivity index is 1.61. The van der Waals surface area contributed by atoms with E-state index in [2.05, 4.69) is 25.9 Å². The van der Waals surface area contributed by atoms with E-state index in [1.807, 2.05) is 0 Å². The Morgan fingerprint density at radius 1 is 0.926 bits per heavy atom. The molecule has 3 N–H and O–H groups in total. The normalized spacial score (nSPS) is 14.9. The van der Waals surface area contributed by atoms with Crippen molar-refractivity contribution in [3.8, 4) is 0 Å². The van der Waals surface area contributed by atoms with E-state index in [0.29, 0.717) is 28.9 Å². The number of nitrogens with zero attached hydrogens (tertiary/aromatic N) is 2. The Labute approximate surface area is 159 Å². The highest BCUT2D eigenvalue weighted by atomic mass is 16.2. The molecule has 0 saturated heterocycles. The van der Waals surface area contributed by atoms with Gasteiger partial charge in [0.1, 0.15) is 17.8 Å². The number of hydrogen-bond acceptors (Lipinski definition) is 5. The van der Waals surface area contributed by atoms with Gasteiger partial charge in [-0.3, -0.25) is 9.59 Å². The minimum Gasteiger partial charge on any atom is -0.367 e. The molecule has 0 atom stereocenters. The lowest BCUT2D eigenvalue weighted by Gasteiger charge is -2.17. The largest absolute Gasteiger partial charge is 0.367 e. The zero-order chi connectivity index (χ0) is 19.1. The van der Waals surface area contributed by atoms with Crippen molar-refractivity contribution in [1.29, 1.82) is 0 Å². The number of carbonyl (C=O) groups excluding carboxylic acids is 2. The summed E-state index contributed by atoms with van der Waals surface area (Å²) >= 11 is 0. The molecule has 0 bridgehead atoms. The lowest BCUT2D eigenvalue weighted by Crippen LogP contribution is -2.20. The highest BCUT2D eigenvalue weighted by Gasteiger charge is 2.14. The lowest BCUT2D eigenvalue weighted by molar-refractivity contribution is -0.114. The van der Waals surface area contributed by atoms with Gasteiger partial charge in [0.2, 0.25) is 5.91 Å². The number of benzene rings is 1. The van der Waals surface area contributed by atoms with E-state index in [4.69, 9.17) is 0 Å². The molecule has 27 heavy (non-hydrogen) atoms. The van der Waals surface area contributed by atoms with Crippen LogP contribution in [0.1, 0.15) is 55.9 Å². The van der Waals surface area contributed by atoms with Crippen molar-refractivity contribution in [3.63, 3.8) is 0 Å². The molecule has 2 amide bonds. The first-order chi connectivity index (χ1) is 13.1. The Bertz CT molecular complexity index is 783. The van der Waals surface area contributed by atoms with Crippen molar-refractivity contribution in [3.05, 3.63) is 42.4 Å². The minimum atomic E-state index is -0.298. The first-order valence-corrected chi connectivity index (χ1v) is 9.38. The number of aromatic nitrogens is 2. The molecular formula is C20H25N5O2. The summed E-state index contributed by atoms with van der Waals surface area (Å²) in [4.78, 5) is 31.9. The molecule has 1 saturated carbocycles. The summed E-state index contributed by atoms with van der Waals surface area (Å²) in [5, 5.41) is 8.93. The third kappa shape index (κ3) is 5.77. The van der Waals surface area contributed by atoms with Gasteiger partial charge in [-0.2, -0.15) is 0 Å². The summed E-state index contributed by atoms with van der Waals surface area (Å²) < 4.78 is 0. The van der Waals surface area contributed by atoms with Crippen molar-refractivity contribution in [1.82, 2.24) is 9.97 Å². The van der Waals surface area contributed by atoms with E-state index in [9.17, 15) is 9.59 Å². The maximum Gasteiger partial charge on any atom is 0.274 e. The summed E-state index contributed by atoms with van der Waals surface area (Å²) in [6.07, 6.45) is 8.70. The molecule has 1 aliphatic rings. The van der Waals surface area contributed by atoms with Crippen molar-refractivity contribution in [2.45, 2.75) is 51.5 Å². The minimum absolute atomic E-state index is 0.138. The van der Waals surface area contributed by atoms with Crippen LogP contribution in [0.5, 0.6) is 0 Å². The number of anilines is 3. The monoisotopic (exact) mass is 367 g/mol. The van der Waals surface area contributed by atoms with E-state index in [0.717, 1.165) is 12.8 Å². The van der Waals surface area contributed by atoms with Gasteiger partial charge in [-0.05, 0) is 37.1 Å². The Hall–Kier alpha value is -2.96. The quantitative estimate of drug-likeness (QED) is 0.698. The van der Waals surface area contributed by atoms with Crippen molar-refractivity contribution in [2.75, 3.05) is 16.0 Å². The molecule has 7 heteroatoms. The molecule has 1 heterocycles. The molecule has 0 spiro atoms. The first-order valence-electron chi connectivity index (χ1n) is 9.38. The average Bonchev–Trinajstić information content (AvgIpc) is 2.92. The molecule has 142 valence electrons. The van der Waals surface area contributed by atoms with Crippen LogP contribution >= 0.6 is 0 Å². The van der Waals surface area contributed by atoms with E-state index in [1.54, 1.807) is 30.3 Å². The standard InChI is InChI=1S/C20H25N5O2/c1-14(26)23-16-8-10-17(11-9-16)25-20(27)18-12-19(22-13-21-18)24-15-6-4-2-3-5-7-15/h8-13,15H,2-7H2,1H3,(H,23,26)(H,25,27)(H,21,22,24). The number of nitrogens with one attached hydrogen (secondary N) is 3. The Morgan fingerprint density at radius 2 is 1.56 bits per heavy atom. The first kappa shape index (κ1) is 18.8. The van der Waals surface area contributed by atoms with E-state index in [1.165, 1.54) is 38.9 Å². The van der Waals surface area contributed by atoms with Gasteiger partial charge in [0.25, 0.3) is 5.91 Å². The molecule has 1 fully saturated rings. The summed E-state index contributed by atoms with van der Waals surface area (Å²) in [6, 6.07) is 9.02. The number of carbonyl (C=O) groups is 2. The summed E-state index contributed by atoms with van der Waals surface area (Å²) in [5.74, 6) is 0.248. The molecule has 0 aliphatic heterocycles.